The van der Waals surface area contributed by atoms with E-state index in [0.29, 0.717) is 17.1 Å². The summed E-state index contributed by atoms with van der Waals surface area (Å²) in [4.78, 5) is 19.3. The molecule has 3 aromatic rings. The van der Waals surface area contributed by atoms with Crippen LogP contribution >= 0.6 is 15.9 Å². The van der Waals surface area contributed by atoms with Gasteiger partial charge in [0.1, 0.15) is 11.6 Å². The third-order valence-electron chi connectivity index (χ3n) is 5.33. The van der Waals surface area contributed by atoms with Gasteiger partial charge >= 0.3 is 0 Å². The summed E-state index contributed by atoms with van der Waals surface area (Å²) in [5.74, 6) is 1.42. The molecule has 0 spiro atoms. The highest BCUT2D eigenvalue weighted by Crippen LogP contribution is 2.35. The second kappa shape index (κ2) is 10.3. The summed E-state index contributed by atoms with van der Waals surface area (Å²) in [5, 5.41) is 13.6. The Hall–Kier alpha value is -3.64. The molecule has 1 saturated carbocycles. The van der Waals surface area contributed by atoms with Crippen LogP contribution in [0.2, 0.25) is 0 Å². The number of anilines is 1. The van der Waals surface area contributed by atoms with Crippen molar-refractivity contribution in [3.8, 4) is 28.8 Å². The average molecular weight is 508 g/mol. The summed E-state index contributed by atoms with van der Waals surface area (Å²) in [7, 11) is 1.60. The second-order valence-corrected chi connectivity index (χ2v) is 8.39. The molecule has 1 fully saturated rings. The SMILES string of the molecule is COc1cc(C=NNc2nc(-c3ccccc3)c(C#N)c(=O)[nH]2)c(Br)cc1OC1CCCC1. The van der Waals surface area contributed by atoms with E-state index in [1.807, 2.05) is 36.4 Å². The van der Waals surface area contributed by atoms with Gasteiger partial charge in [-0.1, -0.05) is 30.3 Å². The zero-order chi connectivity index (χ0) is 23.2. The van der Waals surface area contributed by atoms with Crippen molar-refractivity contribution < 1.29 is 9.47 Å². The van der Waals surface area contributed by atoms with Crippen LogP contribution < -0.4 is 20.5 Å². The number of methoxy groups -OCH3 is 1. The molecule has 0 bridgehead atoms. The molecule has 0 saturated heterocycles. The van der Waals surface area contributed by atoms with Crippen LogP contribution in [0.15, 0.2) is 56.8 Å². The average Bonchev–Trinajstić information content (AvgIpc) is 3.34. The van der Waals surface area contributed by atoms with Crippen molar-refractivity contribution in [1.82, 2.24) is 9.97 Å². The summed E-state index contributed by atoms with van der Waals surface area (Å²) < 4.78 is 12.4. The van der Waals surface area contributed by atoms with Crippen LogP contribution in [0.5, 0.6) is 11.5 Å². The van der Waals surface area contributed by atoms with Gasteiger partial charge in [0.15, 0.2) is 11.5 Å². The van der Waals surface area contributed by atoms with Gasteiger partial charge in [-0.2, -0.15) is 10.4 Å². The summed E-state index contributed by atoms with van der Waals surface area (Å²) in [6.07, 6.45) is 6.25. The van der Waals surface area contributed by atoms with Crippen LogP contribution in [0.4, 0.5) is 5.95 Å². The Morgan fingerprint density at radius 2 is 2.00 bits per heavy atom. The third-order valence-corrected chi connectivity index (χ3v) is 6.02. The topological polar surface area (TPSA) is 112 Å². The normalized spacial score (nSPS) is 13.7. The van der Waals surface area contributed by atoms with Gasteiger partial charge < -0.3 is 9.47 Å². The Kier molecular flexibility index (Phi) is 7.05. The fraction of sp³-hybridized carbons (Fsp3) is 0.250. The van der Waals surface area contributed by atoms with Crippen molar-refractivity contribution in [3.05, 3.63) is 68.4 Å². The van der Waals surface area contributed by atoms with E-state index in [2.05, 4.69) is 36.4 Å². The first-order valence-electron chi connectivity index (χ1n) is 10.5. The first-order chi connectivity index (χ1) is 16.1. The van der Waals surface area contributed by atoms with E-state index in [-0.39, 0.29) is 23.3 Å². The van der Waals surface area contributed by atoms with E-state index in [1.54, 1.807) is 25.5 Å². The summed E-state index contributed by atoms with van der Waals surface area (Å²) in [6.45, 7) is 0. The molecular formula is C24H22BrN5O3. The molecule has 0 radical (unpaired) electrons. The van der Waals surface area contributed by atoms with Gasteiger partial charge in [0.2, 0.25) is 5.95 Å². The molecule has 1 aromatic heterocycles. The third kappa shape index (κ3) is 5.23. The fourth-order valence-corrected chi connectivity index (χ4v) is 4.11. The Morgan fingerprint density at radius 3 is 2.70 bits per heavy atom. The van der Waals surface area contributed by atoms with Gasteiger partial charge in [-0.15, -0.1) is 0 Å². The Balaban J connectivity index is 1.56. The Morgan fingerprint density at radius 1 is 1.24 bits per heavy atom. The lowest BCUT2D eigenvalue weighted by molar-refractivity contribution is 0.200. The number of hydrogen-bond acceptors (Lipinski definition) is 7. The van der Waals surface area contributed by atoms with Crippen LogP contribution in [-0.2, 0) is 0 Å². The van der Waals surface area contributed by atoms with Crippen molar-refractivity contribution >= 4 is 28.1 Å². The molecule has 168 valence electrons. The van der Waals surface area contributed by atoms with Crippen LogP contribution in [0, 0.1) is 11.3 Å². The number of benzene rings is 2. The zero-order valence-corrected chi connectivity index (χ0v) is 19.6. The monoisotopic (exact) mass is 507 g/mol. The molecule has 0 aliphatic heterocycles. The van der Waals surface area contributed by atoms with Crippen molar-refractivity contribution in [1.29, 1.82) is 5.26 Å². The van der Waals surface area contributed by atoms with Crippen LogP contribution in [-0.4, -0.2) is 29.4 Å². The fourth-order valence-electron chi connectivity index (χ4n) is 3.68. The predicted molar refractivity (Wildman–Crippen MR) is 130 cm³/mol. The number of hydrogen-bond donors (Lipinski definition) is 2. The van der Waals surface area contributed by atoms with Crippen LogP contribution in [0.25, 0.3) is 11.3 Å². The van der Waals surface area contributed by atoms with E-state index >= 15 is 0 Å². The molecule has 2 N–H and O–H groups in total. The molecule has 8 nitrogen and oxygen atoms in total. The van der Waals surface area contributed by atoms with Gasteiger partial charge in [-0.3, -0.25) is 9.78 Å². The molecule has 1 heterocycles. The molecule has 1 aliphatic rings. The van der Waals surface area contributed by atoms with Gasteiger partial charge in [0, 0.05) is 15.6 Å². The second-order valence-electron chi connectivity index (χ2n) is 7.53. The molecule has 4 rings (SSSR count). The van der Waals surface area contributed by atoms with Crippen molar-refractivity contribution in [2.45, 2.75) is 31.8 Å². The molecule has 0 unspecified atom stereocenters. The predicted octanol–water partition coefficient (Wildman–Crippen LogP) is 4.85. The molecule has 9 heteroatoms. The van der Waals surface area contributed by atoms with Gasteiger partial charge in [0.05, 0.1) is 25.1 Å². The number of hydrazone groups is 1. The number of nitrogens with zero attached hydrogens (tertiary/aromatic N) is 3. The number of aromatic nitrogens is 2. The lowest BCUT2D eigenvalue weighted by atomic mass is 10.1. The van der Waals surface area contributed by atoms with Gasteiger partial charge in [-0.25, -0.2) is 10.4 Å². The number of rotatable bonds is 7. The van der Waals surface area contributed by atoms with E-state index in [0.717, 1.165) is 22.9 Å². The highest BCUT2D eigenvalue weighted by molar-refractivity contribution is 9.10. The zero-order valence-electron chi connectivity index (χ0n) is 18.0. The smallest absolute Gasteiger partial charge is 0.270 e. The van der Waals surface area contributed by atoms with E-state index in [9.17, 15) is 10.1 Å². The first-order valence-corrected chi connectivity index (χ1v) is 11.3. The van der Waals surface area contributed by atoms with E-state index < -0.39 is 5.56 Å². The Bertz CT molecular complexity index is 1260. The number of H-pyrrole nitrogens is 1. The lowest BCUT2D eigenvalue weighted by Gasteiger charge is -2.17. The largest absolute Gasteiger partial charge is 0.493 e. The van der Waals surface area contributed by atoms with E-state index in [1.165, 1.54) is 12.8 Å². The molecule has 1 aliphatic carbocycles. The molecule has 33 heavy (non-hydrogen) atoms. The number of nitriles is 1. The standard InChI is InChI=1S/C24H22BrN5O3/c1-32-20-11-16(19(25)12-21(20)33-17-9-5-6-10-17)14-27-30-24-28-22(15-7-3-2-4-8-15)18(13-26)23(31)29-24/h2-4,7-8,11-12,14,17H,5-6,9-10H2,1H3,(H2,28,29,30,31). The minimum atomic E-state index is -0.541. The first kappa shape index (κ1) is 22.6. The highest BCUT2D eigenvalue weighted by atomic mass is 79.9. The molecular weight excluding hydrogens is 486 g/mol. The van der Waals surface area contributed by atoms with Crippen LogP contribution in [0.1, 0.15) is 36.8 Å². The van der Waals surface area contributed by atoms with Crippen molar-refractivity contribution in [2.24, 2.45) is 5.10 Å². The van der Waals surface area contributed by atoms with Gasteiger partial charge in [-0.05, 0) is 53.7 Å². The maximum Gasteiger partial charge on any atom is 0.270 e. The minimum Gasteiger partial charge on any atom is -0.493 e. The maximum absolute atomic E-state index is 12.4. The summed E-state index contributed by atoms with van der Waals surface area (Å²) in [6, 6.07) is 14.7. The van der Waals surface area contributed by atoms with E-state index in [4.69, 9.17) is 9.47 Å². The van der Waals surface area contributed by atoms with Crippen molar-refractivity contribution in [2.75, 3.05) is 12.5 Å². The van der Waals surface area contributed by atoms with Crippen molar-refractivity contribution in [3.63, 3.8) is 0 Å². The quantitative estimate of drug-likeness (QED) is 0.349. The number of halogens is 1. The highest BCUT2D eigenvalue weighted by Gasteiger charge is 2.19. The van der Waals surface area contributed by atoms with Crippen LogP contribution in [0.3, 0.4) is 0 Å². The minimum absolute atomic E-state index is 0.0546. The molecule has 0 atom stereocenters. The number of nitrogens with one attached hydrogen (secondary N) is 2. The molecule has 0 amide bonds. The lowest BCUT2D eigenvalue weighted by Crippen LogP contribution is -2.16. The maximum atomic E-state index is 12.4. The number of ether oxygens (including phenoxy) is 2. The molecule has 2 aromatic carbocycles. The summed E-state index contributed by atoms with van der Waals surface area (Å²) in [5.41, 5.74) is 3.84. The number of aromatic amines is 1. The summed E-state index contributed by atoms with van der Waals surface area (Å²) >= 11 is 3.55. The van der Waals surface area contributed by atoms with Gasteiger partial charge in [0.25, 0.3) is 5.56 Å². The Labute approximate surface area is 199 Å².